The monoisotopic (exact) mass is 373 g/mol. The molecule has 26 heavy (non-hydrogen) atoms. The Morgan fingerprint density at radius 3 is 2.92 bits per heavy atom. The highest BCUT2D eigenvalue weighted by Crippen LogP contribution is 2.28. The number of thioether (sulfide) groups is 1. The number of aliphatic carboxylic acids is 1. The molecule has 0 saturated carbocycles. The zero-order valence-corrected chi connectivity index (χ0v) is 15.0. The molecular formula is C19H19NO5S. The molecule has 0 radical (unpaired) electrons. The van der Waals surface area contributed by atoms with Gasteiger partial charge in [0.25, 0.3) is 0 Å². The molecule has 0 saturated heterocycles. The van der Waals surface area contributed by atoms with Crippen LogP contribution in [0.25, 0.3) is 0 Å². The Morgan fingerprint density at radius 2 is 2.15 bits per heavy atom. The van der Waals surface area contributed by atoms with Crippen molar-refractivity contribution in [2.24, 2.45) is 0 Å². The molecule has 1 atom stereocenters. The van der Waals surface area contributed by atoms with Crippen molar-refractivity contribution in [2.75, 3.05) is 19.5 Å². The van der Waals surface area contributed by atoms with E-state index in [1.807, 2.05) is 24.3 Å². The van der Waals surface area contributed by atoms with Crippen LogP contribution in [0.1, 0.15) is 17.2 Å². The summed E-state index contributed by atoms with van der Waals surface area (Å²) in [7, 11) is 1.58. The fraction of sp³-hybridized carbons (Fsp3) is 0.263. The fourth-order valence-corrected chi connectivity index (χ4v) is 3.47. The molecule has 136 valence electrons. The third-order valence-corrected chi connectivity index (χ3v) is 5.00. The Hall–Kier alpha value is -2.67. The van der Waals surface area contributed by atoms with E-state index in [1.165, 1.54) is 11.8 Å². The fourth-order valence-electron chi connectivity index (χ4n) is 2.72. The minimum atomic E-state index is -1.09. The molecule has 3 rings (SSSR count). The Labute approximate surface area is 155 Å². The smallest absolute Gasteiger partial charge is 0.330 e. The van der Waals surface area contributed by atoms with Crippen molar-refractivity contribution in [1.82, 2.24) is 5.32 Å². The highest BCUT2D eigenvalue weighted by atomic mass is 32.2. The predicted molar refractivity (Wildman–Crippen MR) is 97.9 cm³/mol. The lowest BCUT2D eigenvalue weighted by Gasteiger charge is -2.16. The van der Waals surface area contributed by atoms with Crippen molar-refractivity contribution in [2.45, 2.75) is 17.4 Å². The highest BCUT2D eigenvalue weighted by Gasteiger charge is 2.24. The van der Waals surface area contributed by atoms with Crippen molar-refractivity contribution in [3.05, 3.63) is 53.6 Å². The average Bonchev–Trinajstić information content (AvgIpc) is 3.12. The first-order valence-corrected chi connectivity index (χ1v) is 9.10. The molecule has 2 aromatic carbocycles. The zero-order valence-electron chi connectivity index (χ0n) is 14.2. The van der Waals surface area contributed by atoms with Gasteiger partial charge in [0.1, 0.15) is 11.5 Å². The van der Waals surface area contributed by atoms with Gasteiger partial charge < -0.3 is 19.9 Å². The number of carboxylic acids is 1. The highest BCUT2D eigenvalue weighted by molar-refractivity contribution is 8.00. The zero-order chi connectivity index (χ0) is 18.5. The first-order chi connectivity index (χ1) is 12.6. The van der Waals surface area contributed by atoms with Crippen LogP contribution in [-0.2, 0) is 16.0 Å². The normalized spacial score (nSPS) is 13.4. The van der Waals surface area contributed by atoms with E-state index in [4.69, 9.17) is 9.47 Å². The van der Waals surface area contributed by atoms with Crippen molar-refractivity contribution in [1.29, 1.82) is 0 Å². The van der Waals surface area contributed by atoms with Crippen molar-refractivity contribution < 1.29 is 24.2 Å². The molecule has 6 nitrogen and oxygen atoms in total. The van der Waals surface area contributed by atoms with E-state index in [0.717, 1.165) is 22.6 Å². The van der Waals surface area contributed by atoms with E-state index in [2.05, 4.69) is 5.32 Å². The Balaban J connectivity index is 1.64. The summed E-state index contributed by atoms with van der Waals surface area (Å²) < 4.78 is 10.6. The number of hydrogen-bond donors (Lipinski definition) is 2. The molecule has 7 heteroatoms. The van der Waals surface area contributed by atoms with Gasteiger partial charge in [0.2, 0.25) is 5.91 Å². The van der Waals surface area contributed by atoms with Gasteiger partial charge in [-0.15, -0.1) is 11.8 Å². The van der Waals surface area contributed by atoms with Gasteiger partial charge in [-0.2, -0.15) is 0 Å². The van der Waals surface area contributed by atoms with Gasteiger partial charge in [-0.05, 0) is 41.5 Å². The molecule has 0 aromatic heterocycles. The van der Waals surface area contributed by atoms with Crippen LogP contribution in [0.2, 0.25) is 0 Å². The van der Waals surface area contributed by atoms with Gasteiger partial charge in [-0.3, -0.25) is 4.79 Å². The van der Waals surface area contributed by atoms with Gasteiger partial charge in [-0.1, -0.05) is 12.1 Å². The number of methoxy groups -OCH3 is 1. The number of rotatable bonds is 7. The molecule has 2 aromatic rings. The standard InChI is InChI=1S/C19H19NO5S/c1-24-14-3-2-4-15(10-14)26-11-17(21)20-18(19(22)23)13-5-6-16-12(9-13)7-8-25-16/h2-6,9-10,18H,7-8,11H2,1H3,(H,20,21)(H,22,23). The SMILES string of the molecule is COc1cccc(SCC(=O)NC(C(=O)O)c2ccc3c(c2)CCO3)c1. The van der Waals surface area contributed by atoms with Gasteiger partial charge in [0.05, 0.1) is 19.5 Å². The maximum atomic E-state index is 12.2. The Bertz CT molecular complexity index is 823. The third kappa shape index (κ3) is 4.29. The number of carboxylic acid groups (broad SMARTS) is 1. The third-order valence-electron chi connectivity index (χ3n) is 4.01. The maximum absolute atomic E-state index is 12.2. The summed E-state index contributed by atoms with van der Waals surface area (Å²) in [5, 5.41) is 12.1. The molecule has 0 fully saturated rings. The van der Waals surface area contributed by atoms with Crippen LogP contribution in [0.5, 0.6) is 11.5 Å². The summed E-state index contributed by atoms with van der Waals surface area (Å²) in [5.74, 6) is 0.160. The van der Waals surface area contributed by atoms with E-state index in [-0.39, 0.29) is 11.7 Å². The van der Waals surface area contributed by atoms with Crippen LogP contribution in [0.3, 0.4) is 0 Å². The number of benzene rings is 2. The topological polar surface area (TPSA) is 84.9 Å². The molecule has 1 heterocycles. The number of fused-ring (bicyclic) bond motifs is 1. The van der Waals surface area contributed by atoms with Crippen LogP contribution in [0.15, 0.2) is 47.4 Å². The second-order valence-corrected chi connectivity index (χ2v) is 6.82. The lowest BCUT2D eigenvalue weighted by Crippen LogP contribution is -2.34. The van der Waals surface area contributed by atoms with Crippen LogP contribution in [0.4, 0.5) is 0 Å². The summed E-state index contributed by atoms with van der Waals surface area (Å²) in [4.78, 5) is 24.7. The van der Waals surface area contributed by atoms with Gasteiger partial charge >= 0.3 is 5.97 Å². The molecule has 1 amide bonds. The van der Waals surface area contributed by atoms with Crippen molar-refractivity contribution in [3.8, 4) is 11.5 Å². The van der Waals surface area contributed by atoms with E-state index >= 15 is 0 Å². The molecular weight excluding hydrogens is 354 g/mol. The first kappa shape index (κ1) is 18.1. The summed E-state index contributed by atoms with van der Waals surface area (Å²) in [5.41, 5.74) is 1.51. The number of ether oxygens (including phenoxy) is 2. The minimum absolute atomic E-state index is 0.116. The number of amides is 1. The predicted octanol–water partition coefficient (Wildman–Crippen LogP) is 2.66. The molecule has 1 aliphatic rings. The number of carbonyl (C=O) groups excluding carboxylic acids is 1. The first-order valence-electron chi connectivity index (χ1n) is 8.11. The second-order valence-electron chi connectivity index (χ2n) is 5.77. The van der Waals surface area contributed by atoms with Gasteiger partial charge in [0.15, 0.2) is 6.04 Å². The van der Waals surface area contributed by atoms with E-state index in [1.54, 1.807) is 25.3 Å². The van der Waals surface area contributed by atoms with E-state index in [9.17, 15) is 14.7 Å². The maximum Gasteiger partial charge on any atom is 0.330 e. The molecule has 0 aliphatic carbocycles. The molecule has 2 N–H and O–H groups in total. The summed E-state index contributed by atoms with van der Waals surface area (Å²) in [6.45, 7) is 0.597. The number of nitrogens with one attached hydrogen (secondary N) is 1. The largest absolute Gasteiger partial charge is 0.497 e. The second kappa shape index (κ2) is 8.14. The van der Waals surface area contributed by atoms with E-state index < -0.39 is 12.0 Å². The molecule has 1 unspecified atom stereocenters. The van der Waals surface area contributed by atoms with Crippen LogP contribution in [0, 0.1) is 0 Å². The quantitative estimate of drug-likeness (QED) is 0.726. The molecule has 1 aliphatic heterocycles. The van der Waals surface area contributed by atoms with Crippen molar-refractivity contribution >= 4 is 23.6 Å². The summed E-state index contributed by atoms with van der Waals surface area (Å²) in [6.07, 6.45) is 0.745. The lowest BCUT2D eigenvalue weighted by molar-refractivity contribution is -0.141. The average molecular weight is 373 g/mol. The lowest BCUT2D eigenvalue weighted by atomic mass is 10.0. The van der Waals surface area contributed by atoms with Gasteiger partial charge in [0, 0.05) is 11.3 Å². The van der Waals surface area contributed by atoms with Crippen LogP contribution in [-0.4, -0.2) is 36.5 Å². The minimum Gasteiger partial charge on any atom is -0.497 e. The van der Waals surface area contributed by atoms with E-state index in [0.29, 0.717) is 17.9 Å². The van der Waals surface area contributed by atoms with Crippen molar-refractivity contribution in [3.63, 3.8) is 0 Å². The summed E-state index contributed by atoms with van der Waals surface area (Å²) in [6, 6.07) is 11.5. The molecule has 0 bridgehead atoms. The van der Waals surface area contributed by atoms with Crippen LogP contribution >= 0.6 is 11.8 Å². The van der Waals surface area contributed by atoms with Crippen LogP contribution < -0.4 is 14.8 Å². The number of carbonyl (C=O) groups is 2. The number of hydrogen-bond acceptors (Lipinski definition) is 5. The summed E-state index contributed by atoms with van der Waals surface area (Å²) >= 11 is 1.32. The Morgan fingerprint density at radius 1 is 1.31 bits per heavy atom. The van der Waals surface area contributed by atoms with Gasteiger partial charge in [-0.25, -0.2) is 4.79 Å². The molecule has 0 spiro atoms. The Kier molecular flexibility index (Phi) is 5.68.